The first-order chi connectivity index (χ1) is 6.76. The van der Waals surface area contributed by atoms with Gasteiger partial charge in [0.05, 0.1) is 0 Å². The first kappa shape index (κ1) is 9.77. The minimum absolute atomic E-state index is 0.0995. The zero-order valence-electron chi connectivity index (χ0n) is 8.81. The molecule has 1 saturated heterocycles. The maximum atomic E-state index is 11.7. The topological polar surface area (TPSA) is 44.4 Å². The van der Waals surface area contributed by atoms with Crippen molar-refractivity contribution in [2.24, 2.45) is 0 Å². The number of carbonyl (C=O) groups excluding carboxylic acids is 1. The lowest BCUT2D eigenvalue weighted by atomic mass is 10.2. The summed E-state index contributed by atoms with van der Waals surface area (Å²) < 4.78 is 0. The van der Waals surface area contributed by atoms with Gasteiger partial charge in [0.25, 0.3) is 0 Å². The van der Waals surface area contributed by atoms with Crippen LogP contribution in [0, 0.1) is 0 Å². The first-order valence-electron chi connectivity index (χ1n) is 5.54. The lowest BCUT2D eigenvalue weighted by Crippen LogP contribution is -2.46. The zero-order valence-corrected chi connectivity index (χ0v) is 8.81. The fourth-order valence-corrected chi connectivity index (χ4v) is 2.05. The van der Waals surface area contributed by atoms with E-state index in [9.17, 15) is 4.79 Å². The molecule has 2 rings (SSSR count). The number of nitrogens with one attached hydrogen (secondary N) is 2. The van der Waals surface area contributed by atoms with Gasteiger partial charge in [-0.05, 0) is 32.7 Å². The number of hydrogen-bond acceptors (Lipinski definition) is 2. The van der Waals surface area contributed by atoms with Crippen molar-refractivity contribution in [2.45, 2.75) is 31.7 Å². The van der Waals surface area contributed by atoms with Gasteiger partial charge in [-0.2, -0.15) is 0 Å². The van der Waals surface area contributed by atoms with Gasteiger partial charge in [-0.25, -0.2) is 4.79 Å². The molecule has 14 heavy (non-hydrogen) atoms. The van der Waals surface area contributed by atoms with Gasteiger partial charge in [0.2, 0.25) is 0 Å². The van der Waals surface area contributed by atoms with E-state index in [0.717, 1.165) is 32.6 Å². The van der Waals surface area contributed by atoms with Crippen molar-refractivity contribution in [3.05, 3.63) is 0 Å². The van der Waals surface area contributed by atoms with Crippen LogP contribution >= 0.6 is 0 Å². The summed E-state index contributed by atoms with van der Waals surface area (Å²) in [5, 5.41) is 6.41. The quantitative estimate of drug-likeness (QED) is 0.644. The predicted molar refractivity (Wildman–Crippen MR) is 55.2 cm³/mol. The first-order valence-corrected chi connectivity index (χ1v) is 5.54. The molecule has 0 aromatic rings. The smallest absolute Gasteiger partial charge is 0.317 e. The van der Waals surface area contributed by atoms with Crippen LogP contribution in [0.5, 0.6) is 0 Å². The van der Waals surface area contributed by atoms with Gasteiger partial charge in [0, 0.05) is 25.2 Å². The Balaban J connectivity index is 1.93. The van der Waals surface area contributed by atoms with Crippen LogP contribution in [-0.2, 0) is 0 Å². The van der Waals surface area contributed by atoms with Crippen LogP contribution < -0.4 is 10.6 Å². The highest BCUT2D eigenvalue weighted by Gasteiger charge is 2.45. The molecule has 4 heteroatoms. The molecule has 1 aliphatic heterocycles. The third-order valence-corrected chi connectivity index (χ3v) is 3.07. The van der Waals surface area contributed by atoms with Crippen LogP contribution in [0.4, 0.5) is 4.79 Å². The predicted octanol–water partition coefficient (Wildman–Crippen LogP) is 0.544. The van der Waals surface area contributed by atoms with E-state index < -0.39 is 0 Å². The standard InChI is InChI=1S/C10H19N3O/c1-2-11-9(14)13-7-3-6-12-10(8-13)4-5-10/h12H,2-8H2,1H3,(H,11,14). The largest absolute Gasteiger partial charge is 0.338 e. The molecule has 0 aromatic carbocycles. The van der Waals surface area contributed by atoms with Crippen molar-refractivity contribution in [2.75, 3.05) is 26.2 Å². The van der Waals surface area contributed by atoms with Gasteiger partial charge >= 0.3 is 6.03 Å². The lowest BCUT2D eigenvalue weighted by Gasteiger charge is -2.24. The molecule has 2 aliphatic rings. The van der Waals surface area contributed by atoms with E-state index in [4.69, 9.17) is 0 Å². The molecule has 4 nitrogen and oxygen atoms in total. The molecule has 1 spiro atoms. The normalized spacial score (nSPS) is 24.5. The van der Waals surface area contributed by atoms with E-state index >= 15 is 0 Å². The summed E-state index contributed by atoms with van der Waals surface area (Å²) in [5.41, 5.74) is 0.279. The Labute approximate surface area is 85.0 Å². The Morgan fingerprint density at radius 2 is 2.36 bits per heavy atom. The Kier molecular flexibility index (Phi) is 2.63. The molecule has 0 unspecified atom stereocenters. The van der Waals surface area contributed by atoms with E-state index in [0.29, 0.717) is 0 Å². The second-order valence-corrected chi connectivity index (χ2v) is 4.32. The van der Waals surface area contributed by atoms with Crippen LogP contribution in [-0.4, -0.2) is 42.6 Å². The molecule has 1 aliphatic carbocycles. The van der Waals surface area contributed by atoms with Gasteiger partial charge in [-0.3, -0.25) is 0 Å². The molecular weight excluding hydrogens is 178 g/mol. The van der Waals surface area contributed by atoms with Crippen molar-refractivity contribution in [1.82, 2.24) is 15.5 Å². The summed E-state index contributed by atoms with van der Waals surface area (Å²) in [5.74, 6) is 0. The minimum Gasteiger partial charge on any atom is -0.338 e. The monoisotopic (exact) mass is 197 g/mol. The molecule has 0 radical (unpaired) electrons. The van der Waals surface area contributed by atoms with Gasteiger partial charge in [0.15, 0.2) is 0 Å². The summed E-state index contributed by atoms with van der Waals surface area (Å²) >= 11 is 0. The highest BCUT2D eigenvalue weighted by molar-refractivity contribution is 5.74. The van der Waals surface area contributed by atoms with Crippen LogP contribution in [0.1, 0.15) is 26.2 Å². The molecule has 0 aromatic heterocycles. The molecule has 2 fully saturated rings. The van der Waals surface area contributed by atoms with Gasteiger partial charge in [0.1, 0.15) is 0 Å². The number of urea groups is 1. The summed E-state index contributed by atoms with van der Waals surface area (Å²) in [6.45, 7) is 5.51. The van der Waals surface area contributed by atoms with Gasteiger partial charge in [-0.1, -0.05) is 0 Å². The Morgan fingerprint density at radius 3 is 3.00 bits per heavy atom. The van der Waals surface area contributed by atoms with E-state index in [-0.39, 0.29) is 11.6 Å². The van der Waals surface area contributed by atoms with E-state index in [1.54, 1.807) is 0 Å². The number of rotatable bonds is 1. The summed E-state index contributed by atoms with van der Waals surface area (Å²) in [6.07, 6.45) is 3.52. The fraction of sp³-hybridized carbons (Fsp3) is 0.900. The molecule has 0 bridgehead atoms. The lowest BCUT2D eigenvalue weighted by molar-refractivity contribution is 0.195. The summed E-state index contributed by atoms with van der Waals surface area (Å²) in [4.78, 5) is 13.6. The molecule has 0 atom stereocenters. The SMILES string of the molecule is CCNC(=O)N1CCCNC2(CC2)C1. The van der Waals surface area contributed by atoms with Crippen LogP contribution in [0.2, 0.25) is 0 Å². The Morgan fingerprint density at radius 1 is 1.57 bits per heavy atom. The van der Waals surface area contributed by atoms with Gasteiger partial charge in [-0.15, -0.1) is 0 Å². The molecule has 2 N–H and O–H groups in total. The maximum Gasteiger partial charge on any atom is 0.317 e. The number of carbonyl (C=O) groups is 1. The van der Waals surface area contributed by atoms with Crippen molar-refractivity contribution < 1.29 is 4.79 Å². The highest BCUT2D eigenvalue weighted by atomic mass is 16.2. The number of nitrogens with zero attached hydrogens (tertiary/aromatic N) is 1. The van der Waals surface area contributed by atoms with Crippen molar-refractivity contribution in [3.63, 3.8) is 0 Å². The number of amides is 2. The fourth-order valence-electron chi connectivity index (χ4n) is 2.05. The molecule has 1 heterocycles. The number of hydrogen-bond donors (Lipinski definition) is 2. The van der Waals surface area contributed by atoms with Crippen molar-refractivity contribution in [1.29, 1.82) is 0 Å². The minimum atomic E-state index is 0.0995. The van der Waals surface area contributed by atoms with Crippen molar-refractivity contribution in [3.8, 4) is 0 Å². The van der Waals surface area contributed by atoms with E-state index in [2.05, 4.69) is 10.6 Å². The second-order valence-electron chi connectivity index (χ2n) is 4.32. The zero-order chi connectivity index (χ0) is 10.0. The van der Waals surface area contributed by atoms with Crippen LogP contribution in [0.3, 0.4) is 0 Å². The van der Waals surface area contributed by atoms with Crippen molar-refractivity contribution >= 4 is 6.03 Å². The summed E-state index contributed by atoms with van der Waals surface area (Å²) in [6, 6.07) is 0.0995. The molecule has 2 amide bonds. The Bertz CT molecular complexity index is 225. The Hall–Kier alpha value is -0.770. The average Bonchev–Trinajstić information content (AvgIpc) is 2.95. The van der Waals surface area contributed by atoms with E-state index in [1.165, 1.54) is 12.8 Å². The van der Waals surface area contributed by atoms with Gasteiger partial charge < -0.3 is 15.5 Å². The third-order valence-electron chi connectivity index (χ3n) is 3.07. The molecule has 1 saturated carbocycles. The van der Waals surface area contributed by atoms with Crippen LogP contribution in [0.25, 0.3) is 0 Å². The average molecular weight is 197 g/mol. The van der Waals surface area contributed by atoms with Crippen LogP contribution in [0.15, 0.2) is 0 Å². The third kappa shape index (κ3) is 2.00. The molecular formula is C10H19N3O. The maximum absolute atomic E-state index is 11.7. The van der Waals surface area contributed by atoms with E-state index in [1.807, 2.05) is 11.8 Å². The summed E-state index contributed by atoms with van der Waals surface area (Å²) in [7, 11) is 0. The highest BCUT2D eigenvalue weighted by Crippen LogP contribution is 2.37. The molecule has 80 valence electrons. The second kappa shape index (κ2) is 3.77.